The van der Waals surface area contributed by atoms with Crippen molar-refractivity contribution in [2.45, 2.75) is 39.2 Å². The minimum Gasteiger partial charge on any atom is -0.396 e. The van der Waals surface area contributed by atoms with Gasteiger partial charge in [0.15, 0.2) is 0 Å². The van der Waals surface area contributed by atoms with E-state index in [9.17, 15) is 4.79 Å². The van der Waals surface area contributed by atoms with E-state index >= 15 is 0 Å². The fourth-order valence-corrected chi connectivity index (χ4v) is 2.92. The first-order valence-electron chi connectivity index (χ1n) is 6.87. The maximum absolute atomic E-state index is 12.0. The number of rotatable bonds is 8. The lowest BCUT2D eigenvalue weighted by atomic mass is 10.1. The van der Waals surface area contributed by atoms with Crippen molar-refractivity contribution in [3.8, 4) is 0 Å². The Morgan fingerprint density at radius 3 is 2.70 bits per heavy atom. The number of aliphatic hydroxyl groups excluding tert-OH is 1. The van der Waals surface area contributed by atoms with Crippen molar-refractivity contribution in [3.05, 3.63) is 17.0 Å². The number of aromatic nitrogens is 2. The van der Waals surface area contributed by atoms with Crippen molar-refractivity contribution in [2.24, 2.45) is 7.05 Å². The van der Waals surface area contributed by atoms with Crippen molar-refractivity contribution in [1.82, 2.24) is 15.1 Å². The van der Waals surface area contributed by atoms with Crippen LogP contribution in [0.15, 0.2) is 0 Å². The summed E-state index contributed by atoms with van der Waals surface area (Å²) in [6.45, 7) is 4.10. The number of amides is 1. The van der Waals surface area contributed by atoms with Crippen LogP contribution in [0, 0.1) is 13.8 Å². The molecule has 20 heavy (non-hydrogen) atoms. The van der Waals surface area contributed by atoms with Gasteiger partial charge in [-0.15, -0.1) is 0 Å². The van der Waals surface area contributed by atoms with Gasteiger partial charge in [-0.3, -0.25) is 9.48 Å². The lowest BCUT2D eigenvalue weighted by Crippen LogP contribution is -2.37. The number of carbonyl (C=O) groups is 1. The van der Waals surface area contributed by atoms with E-state index < -0.39 is 0 Å². The molecular formula is C14H25N3O2S. The Morgan fingerprint density at radius 2 is 2.20 bits per heavy atom. The molecule has 0 aliphatic heterocycles. The molecule has 0 spiro atoms. The predicted molar refractivity (Wildman–Crippen MR) is 83.0 cm³/mol. The van der Waals surface area contributed by atoms with Crippen LogP contribution in [-0.2, 0) is 18.3 Å². The van der Waals surface area contributed by atoms with E-state index in [0.29, 0.717) is 19.3 Å². The molecule has 0 aliphatic carbocycles. The second-order valence-corrected chi connectivity index (χ2v) is 5.92. The van der Waals surface area contributed by atoms with E-state index in [1.54, 1.807) is 11.8 Å². The average Bonchev–Trinajstić information content (AvgIpc) is 2.62. The molecular weight excluding hydrogens is 274 g/mol. The maximum atomic E-state index is 12.0. The van der Waals surface area contributed by atoms with E-state index in [1.165, 1.54) is 0 Å². The molecule has 5 nitrogen and oxygen atoms in total. The lowest BCUT2D eigenvalue weighted by molar-refractivity contribution is -0.121. The first-order valence-corrected chi connectivity index (χ1v) is 8.27. The highest BCUT2D eigenvalue weighted by Crippen LogP contribution is 2.14. The molecule has 0 aromatic carbocycles. The van der Waals surface area contributed by atoms with E-state index in [-0.39, 0.29) is 18.6 Å². The number of aryl methyl sites for hydroxylation is 2. The standard InChI is InChI=1S/C14H25N3O2S/c1-10-13(11(2)17(3)16-10)5-6-14(19)15-12(7-8-18)9-20-4/h12,18H,5-9H2,1-4H3,(H,15,19). The van der Waals surface area contributed by atoms with E-state index in [4.69, 9.17) is 5.11 Å². The minimum absolute atomic E-state index is 0.0418. The number of hydrogen-bond donors (Lipinski definition) is 2. The third-order valence-corrected chi connectivity index (χ3v) is 4.21. The van der Waals surface area contributed by atoms with Gasteiger partial charge in [0.1, 0.15) is 0 Å². The Labute approximate surface area is 125 Å². The van der Waals surface area contributed by atoms with Gasteiger partial charge in [0.05, 0.1) is 5.69 Å². The fourth-order valence-electron chi connectivity index (χ4n) is 2.27. The smallest absolute Gasteiger partial charge is 0.220 e. The average molecular weight is 299 g/mol. The summed E-state index contributed by atoms with van der Waals surface area (Å²) < 4.78 is 1.85. The molecule has 114 valence electrons. The van der Waals surface area contributed by atoms with Crippen molar-refractivity contribution in [2.75, 3.05) is 18.6 Å². The van der Waals surface area contributed by atoms with Crippen LogP contribution in [0.4, 0.5) is 0 Å². The molecule has 1 unspecified atom stereocenters. The molecule has 0 fully saturated rings. The topological polar surface area (TPSA) is 67.2 Å². The summed E-state index contributed by atoms with van der Waals surface area (Å²) in [6.07, 6.45) is 3.78. The first kappa shape index (κ1) is 17.0. The molecule has 1 heterocycles. The van der Waals surface area contributed by atoms with Gasteiger partial charge in [-0.1, -0.05) is 0 Å². The number of nitrogens with one attached hydrogen (secondary N) is 1. The Morgan fingerprint density at radius 1 is 1.50 bits per heavy atom. The second kappa shape index (κ2) is 8.32. The van der Waals surface area contributed by atoms with Crippen molar-refractivity contribution in [1.29, 1.82) is 0 Å². The largest absolute Gasteiger partial charge is 0.396 e. The predicted octanol–water partition coefficient (Wildman–Crippen LogP) is 1.20. The third-order valence-electron chi connectivity index (χ3n) is 3.47. The summed E-state index contributed by atoms with van der Waals surface area (Å²) in [5.41, 5.74) is 3.27. The molecule has 1 amide bonds. The zero-order valence-electron chi connectivity index (χ0n) is 12.8. The number of nitrogens with zero attached hydrogens (tertiary/aromatic N) is 2. The van der Waals surface area contributed by atoms with Gasteiger partial charge in [0.25, 0.3) is 0 Å². The van der Waals surface area contributed by atoms with E-state index in [0.717, 1.165) is 22.7 Å². The minimum atomic E-state index is 0.0418. The maximum Gasteiger partial charge on any atom is 0.220 e. The quantitative estimate of drug-likeness (QED) is 0.757. The zero-order chi connectivity index (χ0) is 15.1. The molecule has 0 aliphatic rings. The van der Waals surface area contributed by atoms with Gasteiger partial charge in [0, 0.05) is 37.6 Å². The summed E-state index contributed by atoms with van der Waals surface area (Å²) in [6, 6.07) is 0.0543. The molecule has 6 heteroatoms. The van der Waals surface area contributed by atoms with Crippen LogP contribution in [0.1, 0.15) is 29.8 Å². The highest BCUT2D eigenvalue weighted by molar-refractivity contribution is 7.98. The van der Waals surface area contributed by atoms with Crippen LogP contribution in [-0.4, -0.2) is 45.5 Å². The molecule has 1 rings (SSSR count). The Bertz CT molecular complexity index is 440. The third kappa shape index (κ3) is 4.83. The van der Waals surface area contributed by atoms with Crippen molar-refractivity contribution < 1.29 is 9.90 Å². The van der Waals surface area contributed by atoms with Crippen LogP contribution >= 0.6 is 11.8 Å². The van der Waals surface area contributed by atoms with Crippen molar-refractivity contribution in [3.63, 3.8) is 0 Å². The molecule has 0 radical (unpaired) electrons. The second-order valence-electron chi connectivity index (χ2n) is 5.01. The fraction of sp³-hybridized carbons (Fsp3) is 0.714. The van der Waals surface area contributed by atoms with E-state index in [1.807, 2.05) is 31.8 Å². The van der Waals surface area contributed by atoms with Crippen LogP contribution in [0.25, 0.3) is 0 Å². The molecule has 0 bridgehead atoms. The van der Waals surface area contributed by atoms with E-state index in [2.05, 4.69) is 10.4 Å². The Kier molecular flexibility index (Phi) is 7.09. The SMILES string of the molecule is CSCC(CCO)NC(=O)CCc1c(C)nn(C)c1C. The van der Waals surface area contributed by atoms with Crippen LogP contribution in [0.5, 0.6) is 0 Å². The number of hydrogen-bond acceptors (Lipinski definition) is 4. The summed E-state index contributed by atoms with van der Waals surface area (Å²) >= 11 is 1.68. The van der Waals surface area contributed by atoms with Gasteiger partial charge in [0.2, 0.25) is 5.91 Å². The molecule has 1 aromatic heterocycles. The summed E-state index contributed by atoms with van der Waals surface area (Å²) in [4.78, 5) is 12.0. The van der Waals surface area contributed by atoms with Gasteiger partial charge < -0.3 is 10.4 Å². The van der Waals surface area contributed by atoms with Crippen LogP contribution in [0.2, 0.25) is 0 Å². The van der Waals surface area contributed by atoms with Gasteiger partial charge >= 0.3 is 0 Å². The Balaban J connectivity index is 2.50. The monoisotopic (exact) mass is 299 g/mol. The molecule has 1 atom stereocenters. The number of thioether (sulfide) groups is 1. The van der Waals surface area contributed by atoms with Gasteiger partial charge in [-0.05, 0) is 38.5 Å². The molecule has 2 N–H and O–H groups in total. The number of carbonyl (C=O) groups excluding carboxylic acids is 1. The zero-order valence-corrected chi connectivity index (χ0v) is 13.6. The van der Waals surface area contributed by atoms with Gasteiger partial charge in [-0.25, -0.2) is 0 Å². The lowest BCUT2D eigenvalue weighted by Gasteiger charge is -2.16. The number of aliphatic hydroxyl groups is 1. The molecule has 0 saturated carbocycles. The normalized spacial score (nSPS) is 12.4. The van der Waals surface area contributed by atoms with Crippen LogP contribution < -0.4 is 5.32 Å². The summed E-state index contributed by atoms with van der Waals surface area (Å²) in [5.74, 6) is 0.872. The van der Waals surface area contributed by atoms with Crippen molar-refractivity contribution >= 4 is 17.7 Å². The molecule has 1 aromatic rings. The highest BCUT2D eigenvalue weighted by Gasteiger charge is 2.14. The van der Waals surface area contributed by atoms with Gasteiger partial charge in [-0.2, -0.15) is 16.9 Å². The first-order chi connectivity index (χ1) is 9.49. The summed E-state index contributed by atoms with van der Waals surface area (Å²) in [5, 5.41) is 16.3. The Hall–Kier alpha value is -1.01. The summed E-state index contributed by atoms with van der Waals surface area (Å²) in [7, 11) is 1.92. The highest BCUT2D eigenvalue weighted by atomic mass is 32.2. The van der Waals surface area contributed by atoms with Crippen LogP contribution in [0.3, 0.4) is 0 Å². The molecule has 0 saturated heterocycles.